The van der Waals surface area contributed by atoms with E-state index >= 15 is 0 Å². The van der Waals surface area contributed by atoms with Crippen LogP contribution in [0.25, 0.3) is 0 Å². The first-order chi connectivity index (χ1) is 11.1. The van der Waals surface area contributed by atoms with Crippen LogP contribution in [0.15, 0.2) is 0 Å². The monoisotopic (exact) mass is 478 g/mol. The fraction of sp³-hybridized carbons (Fsp3) is 1.00. The van der Waals surface area contributed by atoms with E-state index in [0.29, 0.717) is 0 Å². The van der Waals surface area contributed by atoms with Crippen LogP contribution in [-0.4, -0.2) is 42.2 Å². The third kappa shape index (κ3) is 9.40. The predicted octanol–water partition coefficient (Wildman–Crippen LogP) is 6.24. The van der Waals surface area contributed by atoms with Crippen molar-refractivity contribution < 1.29 is 12.4 Å². The zero-order valence-electron chi connectivity index (χ0n) is 18.9. The zero-order chi connectivity index (χ0) is 20.2. The average Bonchev–Trinajstić information content (AvgIpc) is 2.45. The van der Waals surface area contributed by atoms with E-state index in [1.165, 1.54) is 0 Å². The van der Waals surface area contributed by atoms with Gasteiger partial charge in [-0.15, -0.1) is 0 Å². The molecule has 0 aliphatic rings. The van der Waals surface area contributed by atoms with Crippen molar-refractivity contribution in [3.8, 4) is 0 Å². The van der Waals surface area contributed by atoms with Gasteiger partial charge >= 0.3 is 163 Å². The Morgan fingerprint density at radius 3 is 0.720 bits per heavy atom. The van der Waals surface area contributed by atoms with E-state index in [4.69, 9.17) is 12.4 Å². The van der Waals surface area contributed by atoms with Crippen LogP contribution in [0.1, 0.15) is 109 Å². The Bertz CT molecular complexity index is 325. The molecule has 0 aromatic rings. The van der Waals surface area contributed by atoms with E-state index in [1.54, 1.807) is 0 Å². The first-order valence-corrected chi connectivity index (χ1v) is 13.5. The maximum atomic E-state index is 6.61. The van der Waals surface area contributed by atoms with Gasteiger partial charge in [0.1, 0.15) is 0 Å². The van der Waals surface area contributed by atoms with Crippen molar-refractivity contribution in [1.29, 1.82) is 0 Å². The van der Waals surface area contributed by atoms with Gasteiger partial charge in [0.05, 0.1) is 0 Å². The molecular formula is C20H44O4Te. The van der Waals surface area contributed by atoms with Crippen LogP contribution in [0.4, 0.5) is 0 Å². The van der Waals surface area contributed by atoms with E-state index in [1.807, 2.05) is 0 Å². The summed E-state index contributed by atoms with van der Waals surface area (Å²) in [6, 6.07) is 0. The maximum absolute atomic E-state index is 6.61. The fourth-order valence-electron chi connectivity index (χ4n) is 1.44. The van der Waals surface area contributed by atoms with Gasteiger partial charge in [0.2, 0.25) is 0 Å². The van der Waals surface area contributed by atoms with Crippen LogP contribution in [0.2, 0.25) is 0 Å². The molecule has 0 spiro atoms. The van der Waals surface area contributed by atoms with Crippen LogP contribution >= 0.6 is 0 Å². The number of hydrogen-bond donors (Lipinski definition) is 0. The van der Waals surface area contributed by atoms with Gasteiger partial charge in [-0.3, -0.25) is 0 Å². The molecule has 4 nitrogen and oxygen atoms in total. The average molecular weight is 476 g/mol. The summed E-state index contributed by atoms with van der Waals surface area (Å²) in [5.41, 5.74) is -1.45. The van der Waals surface area contributed by atoms with Crippen molar-refractivity contribution in [3.63, 3.8) is 0 Å². The predicted molar refractivity (Wildman–Crippen MR) is 108 cm³/mol. The molecule has 25 heavy (non-hydrogen) atoms. The standard InChI is InChI=1S/C20H44O4Te/c1-13-17(5,6)21-25(22-18(7,8)14-2,23-19(9,10)15-3)24-20(11,12)16-4/h13-16H2,1-12H3. The summed E-state index contributed by atoms with van der Waals surface area (Å²) in [7, 11) is 0. The molecule has 0 bridgehead atoms. The third-order valence-electron chi connectivity index (χ3n) is 4.72. The third-order valence-corrected chi connectivity index (χ3v) is 12.2. The van der Waals surface area contributed by atoms with Gasteiger partial charge in [-0.1, -0.05) is 0 Å². The molecule has 0 aromatic carbocycles. The van der Waals surface area contributed by atoms with E-state index in [9.17, 15) is 0 Å². The van der Waals surface area contributed by atoms with Crippen LogP contribution in [0.3, 0.4) is 0 Å². The Morgan fingerprint density at radius 2 is 0.600 bits per heavy atom. The normalized spacial score (nSPS) is 15.5. The van der Waals surface area contributed by atoms with Crippen molar-refractivity contribution in [2.45, 2.75) is 131 Å². The van der Waals surface area contributed by atoms with Gasteiger partial charge in [0, 0.05) is 0 Å². The Hall–Kier alpha value is 0.630. The molecule has 154 valence electrons. The van der Waals surface area contributed by atoms with Gasteiger partial charge in [-0.05, 0) is 0 Å². The quantitative estimate of drug-likeness (QED) is 0.313. The molecule has 0 heterocycles. The molecule has 0 unspecified atom stereocenters. The van der Waals surface area contributed by atoms with Crippen molar-refractivity contribution in [2.24, 2.45) is 0 Å². The Balaban J connectivity index is 6.09. The van der Waals surface area contributed by atoms with Crippen LogP contribution < -0.4 is 0 Å². The van der Waals surface area contributed by atoms with E-state index in [0.717, 1.165) is 25.7 Å². The summed E-state index contributed by atoms with van der Waals surface area (Å²) in [5.74, 6) is 0. The van der Waals surface area contributed by atoms with Crippen LogP contribution in [0, 0.1) is 0 Å². The first-order valence-electron chi connectivity index (χ1n) is 9.73. The van der Waals surface area contributed by atoms with Crippen molar-refractivity contribution in [1.82, 2.24) is 0 Å². The molecule has 0 rings (SSSR count). The van der Waals surface area contributed by atoms with Crippen molar-refractivity contribution in [2.75, 3.05) is 0 Å². The molecular weight excluding hydrogens is 432 g/mol. The molecule has 0 fully saturated rings. The topological polar surface area (TPSA) is 36.9 Å². The number of hydrogen-bond acceptors (Lipinski definition) is 4. The van der Waals surface area contributed by atoms with Crippen molar-refractivity contribution in [3.05, 3.63) is 0 Å². The summed E-state index contributed by atoms with van der Waals surface area (Å²) >= 11 is -4.11. The second-order valence-corrected chi connectivity index (χ2v) is 13.4. The van der Waals surface area contributed by atoms with Gasteiger partial charge in [0.25, 0.3) is 0 Å². The fourth-order valence-corrected chi connectivity index (χ4v) is 9.68. The Kier molecular flexibility index (Phi) is 9.45. The molecule has 0 aromatic heterocycles. The van der Waals surface area contributed by atoms with Crippen LogP contribution in [-0.2, 0) is 12.4 Å². The summed E-state index contributed by atoms with van der Waals surface area (Å²) in [6.07, 6.45) is 3.45. The van der Waals surface area contributed by atoms with E-state index in [-0.39, 0.29) is 22.4 Å². The first kappa shape index (κ1) is 25.6. The molecule has 5 heteroatoms. The minimum absolute atomic E-state index is 0.363. The van der Waals surface area contributed by atoms with E-state index < -0.39 is 19.8 Å². The second kappa shape index (κ2) is 9.22. The molecule has 0 saturated heterocycles. The number of rotatable bonds is 12. The molecule has 0 radical (unpaired) electrons. The van der Waals surface area contributed by atoms with Gasteiger partial charge < -0.3 is 0 Å². The molecule has 0 N–H and O–H groups in total. The van der Waals surface area contributed by atoms with Crippen molar-refractivity contribution >= 4 is 19.8 Å². The van der Waals surface area contributed by atoms with Gasteiger partial charge in [-0.25, -0.2) is 0 Å². The summed E-state index contributed by atoms with van der Waals surface area (Å²) in [5, 5.41) is 0. The van der Waals surface area contributed by atoms with Gasteiger partial charge in [-0.2, -0.15) is 0 Å². The summed E-state index contributed by atoms with van der Waals surface area (Å²) in [4.78, 5) is 0. The second-order valence-electron chi connectivity index (χ2n) is 9.19. The summed E-state index contributed by atoms with van der Waals surface area (Å²) < 4.78 is 26.4. The Morgan fingerprint density at radius 1 is 0.440 bits per heavy atom. The molecule has 0 saturated carbocycles. The summed E-state index contributed by atoms with van der Waals surface area (Å²) in [6.45, 7) is 25.1. The zero-order valence-corrected chi connectivity index (χ0v) is 21.2. The van der Waals surface area contributed by atoms with Gasteiger partial charge in [0.15, 0.2) is 0 Å². The SMILES string of the molecule is CCC(C)(C)O[Te](OC(C)(C)CC)(OC(C)(C)CC)OC(C)(C)CC. The Labute approximate surface area is 163 Å². The molecule has 0 aliphatic heterocycles. The molecule has 0 amide bonds. The van der Waals surface area contributed by atoms with Crippen LogP contribution in [0.5, 0.6) is 0 Å². The molecule has 0 atom stereocenters. The minimum atomic E-state index is -4.11. The van der Waals surface area contributed by atoms with E-state index in [2.05, 4.69) is 83.1 Å². The molecule has 0 aliphatic carbocycles.